The van der Waals surface area contributed by atoms with Gasteiger partial charge in [0.05, 0.1) is 12.3 Å². The Bertz CT molecular complexity index is 1420. The lowest BCUT2D eigenvalue weighted by Crippen LogP contribution is -2.23. The number of hydrogen-bond acceptors (Lipinski definition) is 3. The fourth-order valence-corrected chi connectivity index (χ4v) is 5.49. The molecule has 0 aromatic heterocycles. The second-order valence-electron chi connectivity index (χ2n) is 12.8. The first kappa shape index (κ1) is 32.9. The van der Waals surface area contributed by atoms with Crippen molar-refractivity contribution >= 4 is 17.3 Å². The van der Waals surface area contributed by atoms with Crippen molar-refractivity contribution in [2.75, 3.05) is 16.8 Å². The second kappa shape index (κ2) is 16.1. The molecule has 0 spiro atoms. The first-order valence-corrected chi connectivity index (χ1v) is 16.3. The van der Waals surface area contributed by atoms with Crippen molar-refractivity contribution in [1.29, 1.82) is 0 Å². The number of hydrogen-bond donors (Lipinski definition) is 1. The lowest BCUT2D eigenvalue weighted by Gasteiger charge is -2.26. The minimum Gasteiger partial charge on any atom is -0.491 e. The molecule has 0 bridgehead atoms. The van der Waals surface area contributed by atoms with Gasteiger partial charge in [-0.05, 0) is 96.2 Å². The van der Waals surface area contributed by atoms with Gasteiger partial charge in [0.1, 0.15) is 5.75 Å². The molecule has 4 aromatic carbocycles. The van der Waals surface area contributed by atoms with Crippen molar-refractivity contribution in [2.45, 2.75) is 80.3 Å². The Morgan fingerprint density at radius 3 is 1.82 bits per heavy atom. The molecule has 1 amide bonds. The molecule has 0 saturated carbocycles. The summed E-state index contributed by atoms with van der Waals surface area (Å²) >= 11 is 0. The number of nitrogens with zero attached hydrogens (tertiary/aromatic N) is 1. The van der Waals surface area contributed by atoms with Crippen LogP contribution < -0.4 is 15.0 Å². The largest absolute Gasteiger partial charge is 0.491 e. The summed E-state index contributed by atoms with van der Waals surface area (Å²) in [5, 5.41) is 3.08. The molecule has 0 atom stereocenters. The molecule has 0 aliphatic heterocycles. The Morgan fingerprint density at radius 1 is 0.750 bits per heavy atom. The van der Waals surface area contributed by atoms with E-state index in [1.54, 1.807) is 0 Å². The molecule has 0 aliphatic rings. The Hall–Kier alpha value is -4.05. The van der Waals surface area contributed by atoms with E-state index in [-0.39, 0.29) is 5.91 Å². The maximum absolute atomic E-state index is 13.4. The van der Waals surface area contributed by atoms with Crippen LogP contribution in [0.3, 0.4) is 0 Å². The molecule has 44 heavy (non-hydrogen) atoms. The van der Waals surface area contributed by atoms with Gasteiger partial charge in [-0.15, -0.1) is 0 Å². The molecule has 4 nitrogen and oxygen atoms in total. The van der Waals surface area contributed by atoms with Crippen molar-refractivity contribution in [2.24, 2.45) is 11.8 Å². The molecule has 0 saturated heterocycles. The topological polar surface area (TPSA) is 41.6 Å². The first-order valence-electron chi connectivity index (χ1n) is 16.3. The van der Waals surface area contributed by atoms with E-state index in [0.29, 0.717) is 35.4 Å². The van der Waals surface area contributed by atoms with Gasteiger partial charge in [0, 0.05) is 24.3 Å². The van der Waals surface area contributed by atoms with Crippen LogP contribution in [0.25, 0.3) is 0 Å². The SMILES string of the molecule is CCCCOc1ccccc1NC(=O)c1ccc(N(Cc2ccc(CC(C)C)cc2)Cc2ccc(CC(C)C)cc2)cc1C. The molecule has 0 fully saturated rings. The molecule has 0 unspecified atom stereocenters. The van der Waals surface area contributed by atoms with Crippen LogP contribution >= 0.6 is 0 Å². The highest BCUT2D eigenvalue weighted by Crippen LogP contribution is 2.28. The van der Waals surface area contributed by atoms with Crippen LogP contribution in [0.2, 0.25) is 0 Å². The number of anilines is 2. The van der Waals surface area contributed by atoms with Crippen LogP contribution in [0.15, 0.2) is 91.0 Å². The number of nitrogens with one attached hydrogen (secondary N) is 1. The molecule has 232 valence electrons. The normalized spacial score (nSPS) is 11.2. The molecule has 0 heterocycles. The number of ether oxygens (including phenoxy) is 1. The van der Waals surface area contributed by atoms with Crippen LogP contribution in [0, 0.1) is 18.8 Å². The smallest absolute Gasteiger partial charge is 0.256 e. The molecule has 0 radical (unpaired) electrons. The number of unbranched alkanes of at least 4 members (excludes halogenated alkanes) is 1. The van der Waals surface area contributed by atoms with Crippen molar-refractivity contribution in [3.63, 3.8) is 0 Å². The van der Waals surface area contributed by atoms with Gasteiger partial charge in [-0.1, -0.05) is 102 Å². The van der Waals surface area contributed by atoms with Gasteiger partial charge in [0.2, 0.25) is 0 Å². The van der Waals surface area contributed by atoms with E-state index in [2.05, 4.69) is 105 Å². The van der Waals surface area contributed by atoms with Crippen LogP contribution in [-0.2, 0) is 25.9 Å². The Morgan fingerprint density at radius 2 is 1.30 bits per heavy atom. The Balaban J connectivity index is 1.56. The first-order chi connectivity index (χ1) is 21.2. The average Bonchev–Trinajstić information content (AvgIpc) is 2.99. The summed E-state index contributed by atoms with van der Waals surface area (Å²) in [5.74, 6) is 1.84. The van der Waals surface area contributed by atoms with Gasteiger partial charge >= 0.3 is 0 Å². The summed E-state index contributed by atoms with van der Waals surface area (Å²) in [5.41, 5.74) is 8.68. The average molecular weight is 591 g/mol. The molecule has 4 heteroatoms. The monoisotopic (exact) mass is 590 g/mol. The fraction of sp³-hybridized carbons (Fsp3) is 0.375. The van der Waals surface area contributed by atoms with E-state index in [4.69, 9.17) is 4.74 Å². The Kier molecular flexibility index (Phi) is 12.1. The van der Waals surface area contributed by atoms with Crippen molar-refractivity contribution in [3.05, 3.63) is 124 Å². The van der Waals surface area contributed by atoms with Crippen LogP contribution in [0.5, 0.6) is 5.75 Å². The van der Waals surface area contributed by atoms with Crippen LogP contribution in [-0.4, -0.2) is 12.5 Å². The van der Waals surface area contributed by atoms with E-state index in [9.17, 15) is 4.79 Å². The highest BCUT2D eigenvalue weighted by molar-refractivity contribution is 6.06. The number of rotatable bonds is 15. The molecule has 1 N–H and O–H groups in total. The van der Waals surface area contributed by atoms with E-state index in [1.165, 1.54) is 22.3 Å². The summed E-state index contributed by atoms with van der Waals surface area (Å²) in [6.45, 7) is 15.4. The lowest BCUT2D eigenvalue weighted by molar-refractivity contribution is 0.102. The summed E-state index contributed by atoms with van der Waals surface area (Å²) < 4.78 is 5.94. The second-order valence-corrected chi connectivity index (χ2v) is 12.8. The zero-order valence-corrected chi connectivity index (χ0v) is 27.5. The molecule has 0 aliphatic carbocycles. The maximum atomic E-state index is 13.4. The summed E-state index contributed by atoms with van der Waals surface area (Å²) in [4.78, 5) is 15.8. The molecule has 4 aromatic rings. The minimum atomic E-state index is -0.131. The quantitative estimate of drug-likeness (QED) is 0.140. The highest BCUT2D eigenvalue weighted by atomic mass is 16.5. The van der Waals surface area contributed by atoms with Gasteiger partial charge in [-0.25, -0.2) is 0 Å². The van der Waals surface area contributed by atoms with Crippen LogP contribution in [0.1, 0.15) is 85.6 Å². The lowest BCUT2D eigenvalue weighted by atomic mass is 10.0. The van der Waals surface area contributed by atoms with E-state index in [1.807, 2.05) is 37.3 Å². The predicted octanol–water partition coefficient (Wildman–Crippen LogP) is 10.0. The Labute approximate surface area is 265 Å². The summed E-state index contributed by atoms with van der Waals surface area (Å²) in [6, 6.07) is 31.9. The standard InChI is InChI=1S/C40H50N2O2/c1-7-8-23-44-39-12-10-9-11-38(39)41-40(43)37-22-21-36(26-31(37)6)42(27-34-17-13-32(14-18-34)24-29(2)3)28-35-19-15-33(16-20-35)25-30(4)5/h9-22,26,29-30H,7-8,23-25,27-28H2,1-6H3,(H,41,43). The third-order valence-electron chi connectivity index (χ3n) is 7.79. The number of carbonyl (C=O) groups excluding carboxylic acids is 1. The number of aryl methyl sites for hydroxylation is 1. The van der Waals surface area contributed by atoms with Gasteiger partial charge in [0.15, 0.2) is 0 Å². The summed E-state index contributed by atoms with van der Waals surface area (Å²) in [6.07, 6.45) is 4.21. The zero-order chi connectivity index (χ0) is 31.5. The third-order valence-corrected chi connectivity index (χ3v) is 7.79. The van der Waals surface area contributed by atoms with Gasteiger partial charge in [-0.3, -0.25) is 4.79 Å². The number of benzene rings is 4. The minimum absolute atomic E-state index is 0.131. The van der Waals surface area contributed by atoms with Crippen molar-refractivity contribution < 1.29 is 9.53 Å². The predicted molar refractivity (Wildman–Crippen MR) is 186 cm³/mol. The van der Waals surface area contributed by atoms with Gasteiger partial charge in [0.25, 0.3) is 5.91 Å². The number of para-hydroxylation sites is 2. The van der Waals surface area contributed by atoms with E-state index < -0.39 is 0 Å². The van der Waals surface area contributed by atoms with E-state index >= 15 is 0 Å². The third kappa shape index (κ3) is 9.74. The van der Waals surface area contributed by atoms with E-state index in [0.717, 1.165) is 50.0 Å². The van der Waals surface area contributed by atoms with Gasteiger partial charge < -0.3 is 15.0 Å². The molecule has 4 rings (SSSR count). The van der Waals surface area contributed by atoms with Crippen molar-refractivity contribution in [1.82, 2.24) is 0 Å². The summed E-state index contributed by atoms with van der Waals surface area (Å²) in [7, 11) is 0. The van der Waals surface area contributed by atoms with Crippen molar-refractivity contribution in [3.8, 4) is 5.75 Å². The maximum Gasteiger partial charge on any atom is 0.256 e. The number of amides is 1. The highest BCUT2D eigenvalue weighted by Gasteiger charge is 2.16. The zero-order valence-electron chi connectivity index (χ0n) is 27.5. The molecular formula is C40H50N2O2. The number of carbonyl (C=O) groups is 1. The van der Waals surface area contributed by atoms with Crippen LogP contribution in [0.4, 0.5) is 11.4 Å². The fourth-order valence-electron chi connectivity index (χ4n) is 5.49. The molecular weight excluding hydrogens is 540 g/mol. The van der Waals surface area contributed by atoms with Gasteiger partial charge in [-0.2, -0.15) is 0 Å².